The Kier molecular flexibility index (Phi) is 4.37. The van der Waals surface area contributed by atoms with E-state index in [0.29, 0.717) is 11.7 Å². The lowest BCUT2D eigenvalue weighted by molar-refractivity contribution is 0.306. The second-order valence-corrected chi connectivity index (χ2v) is 6.34. The van der Waals surface area contributed by atoms with E-state index < -0.39 is 0 Å². The number of halogens is 1. The standard InChI is InChI=1S/C15H19BrN4O/c1-10-11(5-4-6-12(10)16)15-18-14(19-21-15)13(17)9-20-7-2-3-8-20/h4-6,13H,2-3,7-9,17H2,1H3. The fourth-order valence-corrected chi connectivity index (χ4v) is 3.03. The first-order chi connectivity index (χ1) is 10.1. The predicted octanol–water partition coefficient (Wildman–Crippen LogP) is 2.90. The molecule has 112 valence electrons. The monoisotopic (exact) mass is 350 g/mol. The molecular weight excluding hydrogens is 332 g/mol. The topological polar surface area (TPSA) is 68.2 Å². The molecule has 0 amide bonds. The van der Waals surface area contributed by atoms with Gasteiger partial charge in [-0.25, -0.2) is 0 Å². The van der Waals surface area contributed by atoms with Gasteiger partial charge in [0.25, 0.3) is 5.89 Å². The third-order valence-electron chi connectivity index (χ3n) is 3.93. The van der Waals surface area contributed by atoms with Crippen molar-refractivity contribution in [2.24, 2.45) is 5.73 Å². The maximum atomic E-state index is 6.20. The molecule has 5 nitrogen and oxygen atoms in total. The van der Waals surface area contributed by atoms with Gasteiger partial charge in [0.05, 0.1) is 6.04 Å². The molecule has 2 aromatic rings. The van der Waals surface area contributed by atoms with Gasteiger partial charge in [0.2, 0.25) is 0 Å². The number of aromatic nitrogens is 2. The summed E-state index contributed by atoms with van der Waals surface area (Å²) < 4.78 is 6.42. The molecular formula is C15H19BrN4O. The zero-order chi connectivity index (χ0) is 14.8. The van der Waals surface area contributed by atoms with E-state index in [1.165, 1.54) is 12.8 Å². The summed E-state index contributed by atoms with van der Waals surface area (Å²) in [4.78, 5) is 6.83. The largest absolute Gasteiger partial charge is 0.334 e. The van der Waals surface area contributed by atoms with Gasteiger partial charge in [-0.15, -0.1) is 0 Å². The third kappa shape index (κ3) is 3.17. The van der Waals surface area contributed by atoms with Gasteiger partial charge in [0.15, 0.2) is 5.82 Å². The summed E-state index contributed by atoms with van der Waals surface area (Å²) >= 11 is 3.52. The van der Waals surface area contributed by atoms with Gasteiger partial charge in [-0.1, -0.05) is 27.2 Å². The van der Waals surface area contributed by atoms with E-state index in [-0.39, 0.29) is 6.04 Å². The zero-order valence-electron chi connectivity index (χ0n) is 12.1. The summed E-state index contributed by atoms with van der Waals surface area (Å²) in [7, 11) is 0. The Hall–Kier alpha value is -1.24. The average molecular weight is 351 g/mol. The van der Waals surface area contributed by atoms with Crippen LogP contribution >= 0.6 is 15.9 Å². The van der Waals surface area contributed by atoms with Crippen LogP contribution in [0.3, 0.4) is 0 Å². The molecule has 0 aliphatic carbocycles. The summed E-state index contributed by atoms with van der Waals surface area (Å²) in [6.45, 7) is 5.04. The van der Waals surface area contributed by atoms with Crippen molar-refractivity contribution in [2.45, 2.75) is 25.8 Å². The molecule has 1 unspecified atom stereocenters. The van der Waals surface area contributed by atoms with Gasteiger partial charge < -0.3 is 15.2 Å². The minimum atomic E-state index is -0.201. The molecule has 0 bridgehead atoms. The van der Waals surface area contributed by atoms with E-state index in [1.54, 1.807) is 0 Å². The fourth-order valence-electron chi connectivity index (χ4n) is 2.66. The molecule has 21 heavy (non-hydrogen) atoms. The van der Waals surface area contributed by atoms with Gasteiger partial charge in [-0.3, -0.25) is 0 Å². The van der Waals surface area contributed by atoms with E-state index in [0.717, 1.165) is 35.2 Å². The van der Waals surface area contributed by atoms with Crippen LogP contribution in [0.25, 0.3) is 11.5 Å². The first-order valence-electron chi connectivity index (χ1n) is 7.22. The number of benzene rings is 1. The first-order valence-corrected chi connectivity index (χ1v) is 8.01. The second kappa shape index (κ2) is 6.25. The molecule has 1 fully saturated rings. The van der Waals surface area contributed by atoms with E-state index in [1.807, 2.05) is 25.1 Å². The molecule has 1 aromatic carbocycles. The summed E-state index contributed by atoms with van der Waals surface area (Å²) in [5.74, 6) is 1.11. The molecule has 1 aromatic heterocycles. The number of rotatable bonds is 4. The van der Waals surface area contributed by atoms with Crippen molar-refractivity contribution in [3.63, 3.8) is 0 Å². The smallest absolute Gasteiger partial charge is 0.258 e. The maximum absolute atomic E-state index is 6.20. The highest BCUT2D eigenvalue weighted by molar-refractivity contribution is 9.10. The number of hydrogen-bond donors (Lipinski definition) is 1. The van der Waals surface area contributed by atoms with E-state index in [9.17, 15) is 0 Å². The van der Waals surface area contributed by atoms with Crippen molar-refractivity contribution in [1.82, 2.24) is 15.0 Å². The van der Waals surface area contributed by atoms with Crippen molar-refractivity contribution >= 4 is 15.9 Å². The lowest BCUT2D eigenvalue weighted by Gasteiger charge is -2.17. The van der Waals surface area contributed by atoms with Crippen LogP contribution in [-0.2, 0) is 0 Å². The SMILES string of the molecule is Cc1c(Br)cccc1-c1nc(C(N)CN2CCCC2)no1. The number of hydrogen-bond acceptors (Lipinski definition) is 5. The zero-order valence-corrected chi connectivity index (χ0v) is 13.6. The minimum Gasteiger partial charge on any atom is -0.334 e. The van der Waals surface area contributed by atoms with Crippen LogP contribution in [0.5, 0.6) is 0 Å². The highest BCUT2D eigenvalue weighted by Crippen LogP contribution is 2.28. The molecule has 1 atom stereocenters. The van der Waals surface area contributed by atoms with Gasteiger partial charge in [0.1, 0.15) is 0 Å². The molecule has 1 aliphatic heterocycles. The number of nitrogens with zero attached hydrogens (tertiary/aromatic N) is 3. The molecule has 0 saturated carbocycles. The quantitative estimate of drug-likeness (QED) is 0.917. The van der Waals surface area contributed by atoms with Crippen LogP contribution in [-0.4, -0.2) is 34.7 Å². The molecule has 6 heteroatoms. The van der Waals surface area contributed by atoms with Crippen molar-refractivity contribution < 1.29 is 4.52 Å². The van der Waals surface area contributed by atoms with Crippen LogP contribution < -0.4 is 5.73 Å². The fraction of sp³-hybridized carbons (Fsp3) is 0.467. The van der Waals surface area contributed by atoms with E-state index in [4.69, 9.17) is 10.3 Å². The molecule has 2 heterocycles. The number of nitrogens with two attached hydrogens (primary N) is 1. The van der Waals surface area contributed by atoms with Crippen molar-refractivity contribution in [3.8, 4) is 11.5 Å². The molecule has 0 radical (unpaired) electrons. The van der Waals surface area contributed by atoms with Gasteiger partial charge in [-0.05, 0) is 50.6 Å². The van der Waals surface area contributed by atoms with Crippen molar-refractivity contribution in [1.29, 1.82) is 0 Å². The summed E-state index contributed by atoms with van der Waals surface area (Å²) in [6.07, 6.45) is 2.50. The Morgan fingerprint density at radius 2 is 2.14 bits per heavy atom. The van der Waals surface area contributed by atoms with Crippen LogP contribution in [0.4, 0.5) is 0 Å². The maximum Gasteiger partial charge on any atom is 0.258 e. The summed E-state index contributed by atoms with van der Waals surface area (Å²) in [5.41, 5.74) is 8.22. The molecule has 1 aliphatic rings. The highest BCUT2D eigenvalue weighted by atomic mass is 79.9. The first kappa shape index (κ1) is 14.7. The normalized spacial score (nSPS) is 17.3. The van der Waals surface area contributed by atoms with Crippen LogP contribution in [0.15, 0.2) is 27.2 Å². The van der Waals surface area contributed by atoms with Gasteiger partial charge >= 0.3 is 0 Å². The Balaban J connectivity index is 1.77. The van der Waals surface area contributed by atoms with Gasteiger partial charge in [-0.2, -0.15) is 4.98 Å². The third-order valence-corrected chi connectivity index (χ3v) is 4.78. The Bertz CT molecular complexity index is 622. The molecule has 0 spiro atoms. The van der Waals surface area contributed by atoms with Crippen LogP contribution in [0, 0.1) is 6.92 Å². The Labute approximate surface area is 132 Å². The molecule has 1 saturated heterocycles. The van der Waals surface area contributed by atoms with E-state index >= 15 is 0 Å². The summed E-state index contributed by atoms with van der Waals surface area (Å²) in [6, 6.07) is 5.73. The van der Waals surface area contributed by atoms with Gasteiger partial charge in [0, 0.05) is 16.6 Å². The Morgan fingerprint density at radius 1 is 1.38 bits per heavy atom. The van der Waals surface area contributed by atoms with Crippen LogP contribution in [0.1, 0.15) is 30.3 Å². The predicted molar refractivity (Wildman–Crippen MR) is 84.8 cm³/mol. The van der Waals surface area contributed by atoms with Crippen molar-refractivity contribution in [3.05, 3.63) is 34.1 Å². The summed E-state index contributed by atoms with van der Waals surface area (Å²) in [5, 5.41) is 4.05. The lowest BCUT2D eigenvalue weighted by Crippen LogP contribution is -2.30. The molecule has 3 rings (SSSR count). The van der Waals surface area contributed by atoms with Crippen LogP contribution in [0.2, 0.25) is 0 Å². The van der Waals surface area contributed by atoms with E-state index in [2.05, 4.69) is 31.0 Å². The average Bonchev–Trinajstić information content (AvgIpc) is 3.12. The molecule has 2 N–H and O–H groups in total. The number of likely N-dealkylation sites (tertiary alicyclic amines) is 1. The minimum absolute atomic E-state index is 0.201. The van der Waals surface area contributed by atoms with Crippen molar-refractivity contribution in [2.75, 3.05) is 19.6 Å². The second-order valence-electron chi connectivity index (χ2n) is 5.48. The highest BCUT2D eigenvalue weighted by Gasteiger charge is 2.21. The lowest BCUT2D eigenvalue weighted by atomic mass is 10.1. The Morgan fingerprint density at radius 3 is 2.90 bits per heavy atom.